The Morgan fingerprint density at radius 3 is 1.46 bits per heavy atom. The third-order valence-corrected chi connectivity index (χ3v) is 11.9. The van der Waals surface area contributed by atoms with Crippen molar-refractivity contribution in [2.75, 3.05) is 0 Å². The molecule has 0 aromatic carbocycles. The fraction of sp³-hybridized carbons (Fsp3) is 0.950. The SMILES string of the molecule is CCCCCCCCCCCC(=O)[S-].CCC[CH2][Sn+]([Cl])[CH2]CCC. The van der Waals surface area contributed by atoms with Crippen LogP contribution in [0.4, 0.5) is 0 Å². The molecular formula is C20H41ClOSSn. The molecule has 0 aliphatic carbocycles. The summed E-state index contributed by atoms with van der Waals surface area (Å²) >= 11 is 3.22. The van der Waals surface area contributed by atoms with Crippen molar-refractivity contribution in [3.63, 3.8) is 0 Å². The van der Waals surface area contributed by atoms with Gasteiger partial charge in [-0.2, -0.15) is 0 Å². The van der Waals surface area contributed by atoms with E-state index in [0.29, 0.717) is 6.42 Å². The molecule has 0 aliphatic rings. The van der Waals surface area contributed by atoms with Crippen LogP contribution in [0.25, 0.3) is 0 Å². The van der Waals surface area contributed by atoms with Gasteiger partial charge in [0.1, 0.15) is 0 Å². The molecule has 0 aromatic rings. The van der Waals surface area contributed by atoms with Gasteiger partial charge in [-0.25, -0.2) is 0 Å². The van der Waals surface area contributed by atoms with Crippen LogP contribution in [-0.2, 0) is 17.4 Å². The number of halogens is 1. The van der Waals surface area contributed by atoms with Gasteiger partial charge in [0.2, 0.25) is 0 Å². The second kappa shape index (κ2) is 24.0. The zero-order valence-electron chi connectivity index (χ0n) is 16.5. The molecule has 0 amide bonds. The van der Waals surface area contributed by atoms with Gasteiger partial charge >= 0.3 is 76.0 Å². The second-order valence-corrected chi connectivity index (χ2v) is 16.5. The average molecular weight is 484 g/mol. The van der Waals surface area contributed by atoms with E-state index in [4.69, 9.17) is 8.92 Å². The Bertz CT molecular complexity index is 244. The summed E-state index contributed by atoms with van der Waals surface area (Å²) in [4.78, 5) is 10.5. The van der Waals surface area contributed by atoms with Crippen LogP contribution in [0, 0.1) is 0 Å². The molecular weight excluding hydrogens is 442 g/mol. The monoisotopic (exact) mass is 484 g/mol. The van der Waals surface area contributed by atoms with Gasteiger partial charge in [0, 0.05) is 5.12 Å². The maximum absolute atomic E-state index is 10.5. The first-order chi connectivity index (χ1) is 11.6. The van der Waals surface area contributed by atoms with Crippen LogP contribution in [0.1, 0.15) is 111 Å². The molecule has 0 aromatic heterocycles. The van der Waals surface area contributed by atoms with Crippen molar-refractivity contribution in [1.29, 1.82) is 0 Å². The van der Waals surface area contributed by atoms with E-state index in [0.717, 1.165) is 6.42 Å². The molecule has 0 heterocycles. The summed E-state index contributed by atoms with van der Waals surface area (Å²) in [5.41, 5.74) is 0. The predicted octanol–water partition coefficient (Wildman–Crippen LogP) is 7.80. The fourth-order valence-electron chi connectivity index (χ4n) is 2.44. The van der Waals surface area contributed by atoms with Crippen LogP contribution in [0.5, 0.6) is 0 Å². The molecule has 0 spiro atoms. The van der Waals surface area contributed by atoms with Gasteiger partial charge in [-0.1, -0.05) is 58.3 Å². The van der Waals surface area contributed by atoms with Crippen molar-refractivity contribution in [3.05, 3.63) is 0 Å². The van der Waals surface area contributed by atoms with E-state index in [1.807, 2.05) is 0 Å². The predicted molar refractivity (Wildman–Crippen MR) is 115 cm³/mol. The van der Waals surface area contributed by atoms with Gasteiger partial charge in [-0.3, -0.25) is 0 Å². The van der Waals surface area contributed by atoms with Crippen molar-refractivity contribution in [3.8, 4) is 0 Å². The van der Waals surface area contributed by atoms with E-state index >= 15 is 0 Å². The molecule has 0 saturated carbocycles. The molecule has 0 bridgehead atoms. The first-order valence-electron chi connectivity index (χ1n) is 10.3. The number of unbranched alkanes of at least 4 members (excludes halogenated alkanes) is 10. The van der Waals surface area contributed by atoms with E-state index in [1.165, 1.54) is 85.9 Å². The van der Waals surface area contributed by atoms with E-state index in [1.54, 1.807) is 0 Å². The standard InChI is InChI=1S/C12H24OS.2C4H9.ClH.Sn/c1-2-3-4-5-6-7-8-9-10-11-12(13)14;2*1-3-4-2;;/h2-11H2,1H3,(H,13,14);2*1,3-4H2,2H3;1H;/q;;;;+2/p-2. The zero-order chi connectivity index (χ0) is 18.5. The Hall–Kier alpha value is 0.979. The number of carbonyl (C=O) groups is 1. The van der Waals surface area contributed by atoms with Crippen molar-refractivity contribution >= 4 is 45.3 Å². The van der Waals surface area contributed by atoms with E-state index < -0.39 is 18.6 Å². The Kier molecular flexibility index (Phi) is 27.2. The summed E-state index contributed by atoms with van der Waals surface area (Å²) in [5, 5.41) is -0.0760. The molecule has 0 aliphatic heterocycles. The minimum absolute atomic E-state index is 0.0760. The Morgan fingerprint density at radius 1 is 0.708 bits per heavy atom. The molecule has 0 N–H and O–H groups in total. The van der Waals surface area contributed by atoms with E-state index in [9.17, 15) is 4.79 Å². The Balaban J connectivity index is 0. The molecule has 0 saturated heterocycles. The first-order valence-corrected chi connectivity index (χ1v) is 18.3. The quantitative estimate of drug-likeness (QED) is 0.127. The number of carbonyl (C=O) groups excluding carboxylic acids is 1. The Labute approximate surface area is 168 Å². The van der Waals surface area contributed by atoms with E-state index in [2.05, 4.69) is 33.4 Å². The second-order valence-electron chi connectivity index (χ2n) is 6.67. The molecule has 0 radical (unpaired) electrons. The van der Waals surface area contributed by atoms with Gasteiger partial charge in [-0.15, -0.1) is 0 Å². The summed E-state index contributed by atoms with van der Waals surface area (Å²) in [5.74, 6) is 0. The van der Waals surface area contributed by atoms with Crippen molar-refractivity contribution in [2.45, 2.75) is 120 Å². The van der Waals surface area contributed by atoms with Gasteiger partial charge < -0.3 is 17.4 Å². The molecule has 4 heteroatoms. The van der Waals surface area contributed by atoms with Crippen molar-refractivity contribution < 1.29 is 4.79 Å². The molecule has 0 rings (SSSR count). The summed E-state index contributed by atoms with van der Waals surface area (Å²) in [6, 6.07) is 0. The van der Waals surface area contributed by atoms with Crippen molar-refractivity contribution in [1.82, 2.24) is 0 Å². The fourth-order valence-corrected chi connectivity index (χ4v) is 9.30. The van der Waals surface area contributed by atoms with Crippen LogP contribution < -0.4 is 0 Å². The van der Waals surface area contributed by atoms with E-state index in [-0.39, 0.29) is 5.12 Å². The zero-order valence-corrected chi connectivity index (χ0v) is 20.9. The summed E-state index contributed by atoms with van der Waals surface area (Å²) in [6.07, 6.45) is 17.6. The van der Waals surface area contributed by atoms with Gasteiger partial charge in [0.15, 0.2) is 0 Å². The normalized spacial score (nSPS) is 10.2. The Morgan fingerprint density at radius 2 is 1.08 bits per heavy atom. The third-order valence-electron chi connectivity index (χ3n) is 4.09. The molecule has 144 valence electrons. The maximum atomic E-state index is 10.5. The van der Waals surface area contributed by atoms with Crippen LogP contribution in [0.15, 0.2) is 0 Å². The minimum atomic E-state index is -1.27. The van der Waals surface area contributed by atoms with Crippen LogP contribution in [0.2, 0.25) is 8.87 Å². The van der Waals surface area contributed by atoms with Gasteiger partial charge in [0.25, 0.3) is 0 Å². The van der Waals surface area contributed by atoms with Crippen molar-refractivity contribution in [2.24, 2.45) is 0 Å². The summed E-state index contributed by atoms with van der Waals surface area (Å²) in [6.45, 7) is 6.73. The number of rotatable bonds is 16. The molecule has 0 atom stereocenters. The third kappa shape index (κ3) is 27.8. The topological polar surface area (TPSA) is 17.1 Å². The number of hydrogen-bond acceptors (Lipinski definition) is 2. The number of hydrogen-bond donors (Lipinski definition) is 0. The van der Waals surface area contributed by atoms with Gasteiger partial charge in [-0.05, 0) is 12.8 Å². The molecule has 0 fully saturated rings. The van der Waals surface area contributed by atoms with Crippen LogP contribution in [-0.4, -0.2) is 23.7 Å². The van der Waals surface area contributed by atoms with Gasteiger partial charge in [0.05, 0.1) is 0 Å². The van der Waals surface area contributed by atoms with Crippen LogP contribution >= 0.6 is 8.92 Å². The first kappa shape index (κ1) is 27.2. The average Bonchev–Trinajstić information content (AvgIpc) is 2.57. The molecule has 0 unspecified atom stereocenters. The molecule has 24 heavy (non-hydrogen) atoms. The summed E-state index contributed by atoms with van der Waals surface area (Å²) in [7, 11) is 6.24. The summed E-state index contributed by atoms with van der Waals surface area (Å²) < 4.78 is 2.81. The van der Waals surface area contributed by atoms with Crippen LogP contribution in [0.3, 0.4) is 0 Å². The molecule has 1 nitrogen and oxygen atoms in total.